The molecule has 2 rings (SSSR count). The minimum Gasteiger partial charge on any atom is -0.478 e. The first kappa shape index (κ1) is 15.2. The second kappa shape index (κ2) is 6.53. The quantitative estimate of drug-likeness (QED) is 0.789. The van der Waals surface area contributed by atoms with Crippen LogP contribution in [0.2, 0.25) is 0 Å². The third kappa shape index (κ3) is 3.69. The summed E-state index contributed by atoms with van der Waals surface area (Å²) < 4.78 is 13.7. The van der Waals surface area contributed by atoms with E-state index in [0.717, 1.165) is 12.5 Å². The summed E-state index contributed by atoms with van der Waals surface area (Å²) in [7, 11) is 0. The number of likely N-dealkylation sites (tertiary alicyclic amines) is 1. The summed E-state index contributed by atoms with van der Waals surface area (Å²) in [4.78, 5) is 24.3. The summed E-state index contributed by atoms with van der Waals surface area (Å²) in [5, 5.41) is 20.1. The number of hydrogen-bond acceptors (Lipinski definition) is 3. The Labute approximate surface area is 121 Å². The van der Waals surface area contributed by atoms with Crippen LogP contribution < -0.4 is 5.32 Å². The number of nitrogens with zero attached hydrogens (tertiary/aromatic N) is 1. The van der Waals surface area contributed by atoms with Gasteiger partial charge in [0.2, 0.25) is 0 Å². The molecule has 21 heavy (non-hydrogen) atoms. The minimum atomic E-state index is -1.22. The highest BCUT2D eigenvalue weighted by Gasteiger charge is 2.26. The monoisotopic (exact) mass is 296 g/mol. The van der Waals surface area contributed by atoms with Gasteiger partial charge in [-0.3, -0.25) is 0 Å². The summed E-state index contributed by atoms with van der Waals surface area (Å²) in [6.45, 7) is 1.18. The fraction of sp³-hybridized carbons (Fsp3) is 0.429. The van der Waals surface area contributed by atoms with E-state index in [0.29, 0.717) is 19.5 Å². The highest BCUT2D eigenvalue weighted by atomic mass is 19.1. The number of carbonyl (C=O) groups excluding carboxylic acids is 1. The van der Waals surface area contributed by atoms with E-state index in [1.54, 1.807) is 4.90 Å². The molecule has 1 atom stereocenters. The molecule has 1 aromatic carbocycles. The predicted molar refractivity (Wildman–Crippen MR) is 73.8 cm³/mol. The number of aliphatic hydroxyl groups excluding tert-OH is 1. The van der Waals surface area contributed by atoms with E-state index in [1.807, 2.05) is 0 Å². The van der Waals surface area contributed by atoms with Crippen LogP contribution in [0.25, 0.3) is 0 Å². The van der Waals surface area contributed by atoms with Crippen LogP contribution in [-0.2, 0) is 0 Å². The SMILES string of the molecule is O=C(O)c1ccc(NC(=O)N2CCC(CCO)C2)c(F)c1. The normalized spacial score (nSPS) is 17.8. The number of urea groups is 1. The summed E-state index contributed by atoms with van der Waals surface area (Å²) in [5.74, 6) is -1.74. The van der Waals surface area contributed by atoms with Crippen molar-refractivity contribution in [2.45, 2.75) is 12.8 Å². The Bertz CT molecular complexity index is 550. The number of halogens is 1. The zero-order chi connectivity index (χ0) is 15.4. The van der Waals surface area contributed by atoms with E-state index < -0.39 is 17.8 Å². The molecule has 0 bridgehead atoms. The zero-order valence-corrected chi connectivity index (χ0v) is 11.4. The van der Waals surface area contributed by atoms with Gasteiger partial charge in [0.05, 0.1) is 11.3 Å². The average molecular weight is 296 g/mol. The molecule has 6 nitrogen and oxygen atoms in total. The Morgan fingerprint density at radius 1 is 1.43 bits per heavy atom. The van der Waals surface area contributed by atoms with Crippen molar-refractivity contribution in [3.05, 3.63) is 29.6 Å². The highest BCUT2D eigenvalue weighted by molar-refractivity contribution is 5.91. The zero-order valence-electron chi connectivity index (χ0n) is 11.4. The second-order valence-corrected chi connectivity index (χ2v) is 5.04. The van der Waals surface area contributed by atoms with Gasteiger partial charge in [-0.1, -0.05) is 0 Å². The second-order valence-electron chi connectivity index (χ2n) is 5.04. The largest absolute Gasteiger partial charge is 0.478 e. The van der Waals surface area contributed by atoms with E-state index in [1.165, 1.54) is 12.1 Å². The Hall–Kier alpha value is -2.15. The Morgan fingerprint density at radius 2 is 2.19 bits per heavy atom. The number of carboxylic acids is 1. The summed E-state index contributed by atoms with van der Waals surface area (Å²) in [6, 6.07) is 2.92. The van der Waals surface area contributed by atoms with Crippen LogP contribution in [0, 0.1) is 11.7 Å². The van der Waals surface area contributed by atoms with Gasteiger partial charge in [0, 0.05) is 19.7 Å². The fourth-order valence-corrected chi connectivity index (χ4v) is 2.38. The molecule has 114 valence electrons. The lowest BCUT2D eigenvalue weighted by Crippen LogP contribution is -2.33. The molecule has 1 saturated heterocycles. The van der Waals surface area contributed by atoms with Crippen LogP contribution >= 0.6 is 0 Å². The van der Waals surface area contributed by atoms with Crippen LogP contribution in [-0.4, -0.2) is 46.8 Å². The standard InChI is InChI=1S/C14H17FN2O4/c15-11-7-10(13(19)20)1-2-12(11)16-14(21)17-5-3-9(8-17)4-6-18/h1-2,7,9,18H,3-6,8H2,(H,16,21)(H,19,20). The van der Waals surface area contributed by atoms with Gasteiger partial charge in [0.1, 0.15) is 5.82 Å². The number of hydrogen-bond donors (Lipinski definition) is 3. The van der Waals surface area contributed by atoms with Crippen molar-refractivity contribution >= 4 is 17.7 Å². The van der Waals surface area contributed by atoms with Crippen LogP contribution in [0.4, 0.5) is 14.9 Å². The number of anilines is 1. The smallest absolute Gasteiger partial charge is 0.335 e. The molecule has 7 heteroatoms. The molecule has 3 N–H and O–H groups in total. The Morgan fingerprint density at radius 3 is 2.81 bits per heavy atom. The topological polar surface area (TPSA) is 89.9 Å². The molecule has 0 aromatic heterocycles. The lowest BCUT2D eigenvalue weighted by atomic mass is 10.1. The first-order valence-corrected chi connectivity index (χ1v) is 6.71. The number of aliphatic hydroxyl groups is 1. The molecule has 1 aliphatic heterocycles. The molecule has 1 heterocycles. The van der Waals surface area contributed by atoms with Gasteiger partial charge in [-0.15, -0.1) is 0 Å². The van der Waals surface area contributed by atoms with E-state index in [4.69, 9.17) is 10.2 Å². The van der Waals surface area contributed by atoms with E-state index in [2.05, 4.69) is 5.32 Å². The van der Waals surface area contributed by atoms with Crippen molar-refractivity contribution in [3.8, 4) is 0 Å². The lowest BCUT2D eigenvalue weighted by Gasteiger charge is -2.17. The summed E-state index contributed by atoms with van der Waals surface area (Å²) >= 11 is 0. The number of rotatable bonds is 4. The predicted octanol–water partition coefficient (Wildman–Crippen LogP) is 1.76. The molecule has 0 aliphatic carbocycles. The molecule has 1 unspecified atom stereocenters. The molecule has 0 saturated carbocycles. The van der Waals surface area contributed by atoms with Gasteiger partial charge >= 0.3 is 12.0 Å². The van der Waals surface area contributed by atoms with Crippen LogP contribution in [0.3, 0.4) is 0 Å². The fourth-order valence-electron chi connectivity index (χ4n) is 2.38. The number of carboxylic acid groups (broad SMARTS) is 1. The summed E-state index contributed by atoms with van der Waals surface area (Å²) in [5.41, 5.74) is -0.217. The van der Waals surface area contributed by atoms with Crippen molar-refractivity contribution in [2.75, 3.05) is 25.0 Å². The number of carbonyl (C=O) groups is 2. The Kier molecular flexibility index (Phi) is 4.74. The maximum atomic E-state index is 13.7. The van der Waals surface area contributed by atoms with E-state index in [-0.39, 0.29) is 23.8 Å². The Balaban J connectivity index is 1.99. The average Bonchev–Trinajstić information content (AvgIpc) is 2.90. The molecule has 1 fully saturated rings. The minimum absolute atomic E-state index is 0.0457. The van der Waals surface area contributed by atoms with E-state index >= 15 is 0 Å². The summed E-state index contributed by atoms with van der Waals surface area (Å²) in [6.07, 6.45) is 1.46. The van der Waals surface area contributed by atoms with Crippen LogP contribution in [0.15, 0.2) is 18.2 Å². The van der Waals surface area contributed by atoms with Gasteiger partial charge in [0.25, 0.3) is 0 Å². The molecule has 0 spiro atoms. The first-order valence-electron chi connectivity index (χ1n) is 6.71. The van der Waals surface area contributed by atoms with Crippen molar-refractivity contribution < 1.29 is 24.2 Å². The van der Waals surface area contributed by atoms with Crippen LogP contribution in [0.1, 0.15) is 23.2 Å². The first-order chi connectivity index (χ1) is 10.0. The van der Waals surface area contributed by atoms with Gasteiger partial charge < -0.3 is 20.4 Å². The van der Waals surface area contributed by atoms with Gasteiger partial charge in [-0.05, 0) is 37.0 Å². The molecule has 0 radical (unpaired) electrons. The van der Waals surface area contributed by atoms with Crippen molar-refractivity contribution in [2.24, 2.45) is 5.92 Å². The molecule has 2 amide bonds. The van der Waals surface area contributed by atoms with Crippen molar-refractivity contribution in [1.82, 2.24) is 4.90 Å². The van der Waals surface area contributed by atoms with Crippen molar-refractivity contribution in [1.29, 1.82) is 0 Å². The third-order valence-electron chi connectivity index (χ3n) is 3.57. The maximum Gasteiger partial charge on any atom is 0.335 e. The lowest BCUT2D eigenvalue weighted by molar-refractivity contribution is 0.0696. The van der Waals surface area contributed by atoms with Crippen molar-refractivity contribution in [3.63, 3.8) is 0 Å². The number of benzene rings is 1. The third-order valence-corrected chi connectivity index (χ3v) is 3.57. The molecule has 1 aromatic rings. The van der Waals surface area contributed by atoms with Gasteiger partial charge in [-0.25, -0.2) is 14.0 Å². The van der Waals surface area contributed by atoms with E-state index in [9.17, 15) is 14.0 Å². The highest BCUT2D eigenvalue weighted by Crippen LogP contribution is 2.21. The molecular formula is C14H17FN2O4. The van der Waals surface area contributed by atoms with Gasteiger partial charge in [-0.2, -0.15) is 0 Å². The molecule has 1 aliphatic rings. The number of amides is 2. The molecular weight excluding hydrogens is 279 g/mol. The van der Waals surface area contributed by atoms with Gasteiger partial charge in [0.15, 0.2) is 0 Å². The number of aromatic carboxylic acids is 1. The number of nitrogens with one attached hydrogen (secondary N) is 1. The maximum absolute atomic E-state index is 13.7. The van der Waals surface area contributed by atoms with Crippen LogP contribution in [0.5, 0.6) is 0 Å².